The second-order valence-electron chi connectivity index (χ2n) is 5.11. The molecule has 0 saturated carbocycles. The van der Waals surface area contributed by atoms with Crippen LogP contribution in [0.25, 0.3) is 0 Å². The molecule has 1 aliphatic rings. The molecular formula is C14H20N4. The summed E-state index contributed by atoms with van der Waals surface area (Å²) >= 11 is 0. The van der Waals surface area contributed by atoms with Crippen molar-refractivity contribution in [2.24, 2.45) is 0 Å². The number of rotatable bonds is 1. The van der Waals surface area contributed by atoms with Gasteiger partial charge in [-0.05, 0) is 39.2 Å². The highest BCUT2D eigenvalue weighted by molar-refractivity contribution is 5.58. The Hall–Kier alpha value is -1.63. The Bertz CT molecular complexity index is 475. The number of aromatic nitrogens is 2. The molecule has 1 fully saturated rings. The third-order valence-corrected chi connectivity index (χ3v) is 3.87. The molecule has 0 aromatic carbocycles. The molecule has 0 aliphatic carbocycles. The Balaban J connectivity index is 2.43. The predicted octanol–water partition coefficient (Wildman–Crippen LogP) is 2.73. The molecule has 18 heavy (non-hydrogen) atoms. The van der Waals surface area contributed by atoms with Crippen molar-refractivity contribution in [2.45, 2.75) is 52.5 Å². The van der Waals surface area contributed by atoms with E-state index in [1.54, 1.807) is 0 Å². The third kappa shape index (κ3) is 2.31. The standard InChI is InChI=1S/C14H20N4/c1-10-7-5-4-6-8-18(10)14-13(9-15)11(2)12(3)16-17-14/h10H,4-8H2,1-3H3. The van der Waals surface area contributed by atoms with Gasteiger partial charge in [-0.25, -0.2) is 0 Å². The van der Waals surface area contributed by atoms with Crippen LogP contribution in [-0.4, -0.2) is 22.8 Å². The van der Waals surface area contributed by atoms with Crippen LogP contribution in [0.15, 0.2) is 0 Å². The molecule has 1 aliphatic heterocycles. The van der Waals surface area contributed by atoms with Crippen LogP contribution >= 0.6 is 0 Å². The first-order valence-corrected chi connectivity index (χ1v) is 6.65. The Morgan fingerprint density at radius 3 is 2.72 bits per heavy atom. The minimum Gasteiger partial charge on any atom is -0.351 e. The highest BCUT2D eigenvalue weighted by atomic mass is 15.3. The van der Waals surface area contributed by atoms with E-state index in [-0.39, 0.29) is 0 Å². The van der Waals surface area contributed by atoms with Gasteiger partial charge in [0.1, 0.15) is 11.6 Å². The summed E-state index contributed by atoms with van der Waals surface area (Å²) in [5.41, 5.74) is 2.49. The van der Waals surface area contributed by atoms with Gasteiger partial charge in [0, 0.05) is 12.6 Å². The molecule has 1 saturated heterocycles. The summed E-state index contributed by atoms with van der Waals surface area (Å²) in [6.45, 7) is 7.05. The van der Waals surface area contributed by atoms with Crippen LogP contribution in [0, 0.1) is 25.2 Å². The normalized spacial score (nSPS) is 20.3. The van der Waals surface area contributed by atoms with E-state index in [0.717, 1.165) is 23.6 Å². The molecule has 96 valence electrons. The van der Waals surface area contributed by atoms with Gasteiger partial charge in [0.15, 0.2) is 5.82 Å². The smallest absolute Gasteiger partial charge is 0.169 e. The van der Waals surface area contributed by atoms with Gasteiger partial charge < -0.3 is 4.90 Å². The zero-order valence-electron chi connectivity index (χ0n) is 11.4. The van der Waals surface area contributed by atoms with E-state index >= 15 is 0 Å². The summed E-state index contributed by atoms with van der Waals surface area (Å²) < 4.78 is 0. The van der Waals surface area contributed by atoms with Gasteiger partial charge in [-0.3, -0.25) is 0 Å². The summed E-state index contributed by atoms with van der Waals surface area (Å²) in [6.07, 6.45) is 4.86. The fourth-order valence-corrected chi connectivity index (χ4v) is 2.52. The van der Waals surface area contributed by atoms with Gasteiger partial charge >= 0.3 is 0 Å². The van der Waals surface area contributed by atoms with Crippen molar-refractivity contribution in [1.29, 1.82) is 5.26 Å². The molecule has 4 nitrogen and oxygen atoms in total. The molecule has 1 aromatic rings. The first-order chi connectivity index (χ1) is 8.65. The molecule has 0 amide bonds. The van der Waals surface area contributed by atoms with E-state index in [1.807, 2.05) is 13.8 Å². The number of hydrogen-bond acceptors (Lipinski definition) is 4. The number of anilines is 1. The topological polar surface area (TPSA) is 52.8 Å². The zero-order chi connectivity index (χ0) is 13.1. The average molecular weight is 244 g/mol. The van der Waals surface area contributed by atoms with Gasteiger partial charge in [0.25, 0.3) is 0 Å². The second-order valence-corrected chi connectivity index (χ2v) is 5.11. The number of nitrogens with zero attached hydrogens (tertiary/aromatic N) is 4. The lowest BCUT2D eigenvalue weighted by Gasteiger charge is -2.29. The Morgan fingerprint density at radius 2 is 2.00 bits per heavy atom. The van der Waals surface area contributed by atoms with E-state index in [1.165, 1.54) is 25.7 Å². The van der Waals surface area contributed by atoms with Gasteiger partial charge in [-0.15, -0.1) is 5.10 Å². The van der Waals surface area contributed by atoms with Crippen molar-refractivity contribution >= 4 is 5.82 Å². The van der Waals surface area contributed by atoms with Crippen molar-refractivity contribution < 1.29 is 0 Å². The molecule has 2 rings (SSSR count). The molecule has 1 aromatic heterocycles. The predicted molar refractivity (Wildman–Crippen MR) is 71.5 cm³/mol. The molecular weight excluding hydrogens is 224 g/mol. The molecule has 0 spiro atoms. The molecule has 2 heterocycles. The first-order valence-electron chi connectivity index (χ1n) is 6.65. The molecule has 0 radical (unpaired) electrons. The van der Waals surface area contributed by atoms with Crippen LogP contribution in [0.3, 0.4) is 0 Å². The maximum atomic E-state index is 9.37. The van der Waals surface area contributed by atoms with Crippen LogP contribution in [0.4, 0.5) is 5.82 Å². The van der Waals surface area contributed by atoms with Crippen molar-refractivity contribution in [2.75, 3.05) is 11.4 Å². The van der Waals surface area contributed by atoms with Crippen LogP contribution in [0.2, 0.25) is 0 Å². The monoisotopic (exact) mass is 244 g/mol. The van der Waals surface area contributed by atoms with Crippen molar-refractivity contribution in [3.05, 3.63) is 16.8 Å². The maximum absolute atomic E-state index is 9.37. The largest absolute Gasteiger partial charge is 0.351 e. The van der Waals surface area contributed by atoms with E-state index in [9.17, 15) is 5.26 Å². The lowest BCUT2D eigenvalue weighted by atomic mass is 10.1. The molecule has 1 atom stereocenters. The Kier molecular flexibility index (Phi) is 3.81. The van der Waals surface area contributed by atoms with Gasteiger partial charge in [0.05, 0.1) is 5.69 Å². The van der Waals surface area contributed by atoms with Gasteiger partial charge in [-0.2, -0.15) is 10.4 Å². The lowest BCUT2D eigenvalue weighted by Crippen LogP contribution is -2.34. The average Bonchev–Trinajstić information content (AvgIpc) is 2.57. The van der Waals surface area contributed by atoms with Gasteiger partial charge in [0.2, 0.25) is 0 Å². The Morgan fingerprint density at radius 1 is 1.22 bits per heavy atom. The third-order valence-electron chi connectivity index (χ3n) is 3.87. The summed E-state index contributed by atoms with van der Waals surface area (Å²) in [5, 5.41) is 17.8. The van der Waals surface area contributed by atoms with Crippen LogP contribution < -0.4 is 4.90 Å². The minimum absolute atomic E-state index is 0.441. The Labute approximate surface area is 109 Å². The van der Waals surface area contributed by atoms with Crippen LogP contribution in [-0.2, 0) is 0 Å². The number of hydrogen-bond donors (Lipinski definition) is 0. The fraction of sp³-hybridized carbons (Fsp3) is 0.643. The molecule has 0 N–H and O–H groups in total. The highest BCUT2D eigenvalue weighted by Gasteiger charge is 2.23. The maximum Gasteiger partial charge on any atom is 0.169 e. The van der Waals surface area contributed by atoms with Crippen molar-refractivity contribution in [1.82, 2.24) is 10.2 Å². The molecule has 0 bridgehead atoms. The summed E-state index contributed by atoms with van der Waals surface area (Å²) in [7, 11) is 0. The SMILES string of the molecule is Cc1nnc(N2CCCCCC2C)c(C#N)c1C. The highest BCUT2D eigenvalue weighted by Crippen LogP contribution is 2.26. The van der Waals surface area contributed by atoms with E-state index in [4.69, 9.17) is 0 Å². The summed E-state index contributed by atoms with van der Waals surface area (Å²) in [5.74, 6) is 0.773. The second kappa shape index (κ2) is 5.34. The zero-order valence-corrected chi connectivity index (χ0v) is 11.4. The molecule has 1 unspecified atom stereocenters. The summed E-state index contributed by atoms with van der Waals surface area (Å²) in [6, 6.07) is 2.74. The fourth-order valence-electron chi connectivity index (χ4n) is 2.52. The van der Waals surface area contributed by atoms with Crippen LogP contribution in [0.1, 0.15) is 49.4 Å². The lowest BCUT2D eigenvalue weighted by molar-refractivity contribution is 0.607. The summed E-state index contributed by atoms with van der Waals surface area (Å²) in [4.78, 5) is 2.25. The molecule has 4 heteroatoms. The van der Waals surface area contributed by atoms with E-state index in [0.29, 0.717) is 11.6 Å². The van der Waals surface area contributed by atoms with Gasteiger partial charge in [-0.1, -0.05) is 12.8 Å². The van der Waals surface area contributed by atoms with E-state index < -0.39 is 0 Å². The quantitative estimate of drug-likeness (QED) is 0.762. The minimum atomic E-state index is 0.441. The number of aryl methyl sites for hydroxylation is 1. The van der Waals surface area contributed by atoms with Crippen molar-refractivity contribution in [3.63, 3.8) is 0 Å². The number of nitriles is 1. The van der Waals surface area contributed by atoms with Crippen molar-refractivity contribution in [3.8, 4) is 6.07 Å². The van der Waals surface area contributed by atoms with Crippen LogP contribution in [0.5, 0.6) is 0 Å². The van der Waals surface area contributed by atoms with E-state index in [2.05, 4.69) is 28.1 Å². The first kappa shape index (κ1) is 12.8.